The summed E-state index contributed by atoms with van der Waals surface area (Å²) in [5.41, 5.74) is 4.54. The highest BCUT2D eigenvalue weighted by Gasteiger charge is 2.29. The van der Waals surface area contributed by atoms with E-state index in [1.807, 2.05) is 54.6 Å². The van der Waals surface area contributed by atoms with Crippen LogP contribution in [-0.2, 0) is 9.59 Å². The summed E-state index contributed by atoms with van der Waals surface area (Å²) in [7, 11) is 3.88. The molecule has 190 valence electrons. The second-order valence-corrected chi connectivity index (χ2v) is 9.46. The molecule has 2 heterocycles. The van der Waals surface area contributed by atoms with Crippen LogP contribution in [0.5, 0.6) is 0 Å². The number of nitrogens with zero attached hydrogens (tertiary/aromatic N) is 3. The maximum absolute atomic E-state index is 13.8. The van der Waals surface area contributed by atoms with Crippen molar-refractivity contribution in [1.82, 2.24) is 9.80 Å². The van der Waals surface area contributed by atoms with Crippen LogP contribution in [0.1, 0.15) is 11.1 Å². The smallest absolute Gasteiger partial charge is 0.258 e. The fourth-order valence-electron chi connectivity index (χ4n) is 4.64. The van der Waals surface area contributed by atoms with Crippen molar-refractivity contribution in [3.05, 3.63) is 89.7 Å². The van der Waals surface area contributed by atoms with Gasteiger partial charge in [0.15, 0.2) is 0 Å². The molecule has 0 aromatic heterocycles. The summed E-state index contributed by atoms with van der Waals surface area (Å²) in [6, 6.07) is 21.4. The Hall–Kier alpha value is -4.01. The van der Waals surface area contributed by atoms with Crippen molar-refractivity contribution < 1.29 is 14.0 Å². The molecular weight excluding hydrogens is 469 g/mol. The molecule has 1 saturated heterocycles. The lowest BCUT2D eigenvalue weighted by molar-refractivity contribution is -0.119. The maximum atomic E-state index is 13.8. The van der Waals surface area contributed by atoms with E-state index in [0.29, 0.717) is 29.1 Å². The van der Waals surface area contributed by atoms with Gasteiger partial charge in [-0.25, -0.2) is 4.39 Å². The first-order valence-electron chi connectivity index (χ1n) is 12.3. The van der Waals surface area contributed by atoms with Crippen LogP contribution in [0.3, 0.4) is 0 Å². The van der Waals surface area contributed by atoms with E-state index < -0.39 is 5.82 Å². The average molecular weight is 500 g/mol. The first-order chi connectivity index (χ1) is 17.9. The Morgan fingerprint density at radius 1 is 1.00 bits per heavy atom. The highest BCUT2D eigenvalue weighted by atomic mass is 19.1. The molecular formula is C29H30FN5O2. The third-order valence-electron chi connectivity index (χ3n) is 6.89. The van der Waals surface area contributed by atoms with Crippen LogP contribution in [0.15, 0.2) is 72.8 Å². The molecule has 0 bridgehead atoms. The number of hydrogen-bond acceptors (Lipinski definition) is 5. The van der Waals surface area contributed by atoms with Gasteiger partial charge >= 0.3 is 0 Å². The van der Waals surface area contributed by atoms with E-state index >= 15 is 0 Å². The number of carbonyl (C=O) groups excluding carboxylic acids is 2. The highest BCUT2D eigenvalue weighted by molar-refractivity contribution is 6.37. The quantitative estimate of drug-likeness (QED) is 0.503. The minimum Gasteiger partial charge on any atom is -0.354 e. The molecule has 0 atom stereocenters. The Morgan fingerprint density at radius 3 is 2.41 bits per heavy atom. The van der Waals surface area contributed by atoms with Crippen molar-refractivity contribution in [2.24, 2.45) is 0 Å². The molecule has 3 aromatic carbocycles. The van der Waals surface area contributed by atoms with Crippen LogP contribution in [0.2, 0.25) is 0 Å². The summed E-state index contributed by atoms with van der Waals surface area (Å²) in [5, 5.41) is 6.17. The highest BCUT2D eigenvalue weighted by Crippen LogP contribution is 2.38. The fourth-order valence-corrected chi connectivity index (χ4v) is 4.64. The number of rotatable bonds is 6. The Labute approximate surface area is 216 Å². The second kappa shape index (κ2) is 10.5. The first-order valence-corrected chi connectivity index (χ1v) is 12.3. The molecule has 7 nitrogen and oxygen atoms in total. The number of benzene rings is 3. The standard InChI is InChI=1S/C29H30FN5O2/c1-33-14-16-35(17-15-33)19-26(36)34(2)23-11-9-22(10-12-23)31-28(20-6-4-3-5-7-20)27-24-13-8-21(30)18-25(24)32-29(27)37/h3-13,18,31H,14-17,19H2,1-2H3,(H,32,37)/b28-27-. The summed E-state index contributed by atoms with van der Waals surface area (Å²) in [4.78, 5) is 32.0. The van der Waals surface area contributed by atoms with Gasteiger partial charge in [-0.2, -0.15) is 0 Å². The minimum atomic E-state index is -0.406. The predicted molar refractivity (Wildman–Crippen MR) is 146 cm³/mol. The van der Waals surface area contributed by atoms with Crippen molar-refractivity contribution >= 4 is 40.1 Å². The number of amides is 2. The number of halogens is 1. The molecule has 0 unspecified atom stereocenters. The Balaban J connectivity index is 1.38. The molecule has 3 aromatic rings. The SMILES string of the molecule is CN1CCN(CC(=O)N(C)c2ccc(N/C(=C3\C(=O)Nc4cc(F)ccc43)c3ccccc3)cc2)CC1. The van der Waals surface area contributed by atoms with E-state index in [1.54, 1.807) is 18.0 Å². The summed E-state index contributed by atoms with van der Waals surface area (Å²) >= 11 is 0. The van der Waals surface area contributed by atoms with Crippen LogP contribution in [0.25, 0.3) is 11.3 Å². The van der Waals surface area contributed by atoms with Gasteiger partial charge in [0, 0.05) is 50.2 Å². The summed E-state index contributed by atoms with van der Waals surface area (Å²) in [6.45, 7) is 4.10. The zero-order valence-corrected chi connectivity index (χ0v) is 21.0. The number of hydrogen-bond donors (Lipinski definition) is 2. The van der Waals surface area contributed by atoms with Gasteiger partial charge in [-0.05, 0) is 55.1 Å². The normalized spacial score (nSPS) is 17.2. The van der Waals surface area contributed by atoms with Gasteiger partial charge in [-0.3, -0.25) is 14.5 Å². The average Bonchev–Trinajstić information content (AvgIpc) is 3.23. The van der Waals surface area contributed by atoms with Gasteiger partial charge in [0.2, 0.25) is 5.91 Å². The van der Waals surface area contributed by atoms with E-state index in [2.05, 4.69) is 27.5 Å². The third-order valence-corrected chi connectivity index (χ3v) is 6.89. The van der Waals surface area contributed by atoms with E-state index in [0.717, 1.165) is 43.1 Å². The molecule has 2 aliphatic rings. The fraction of sp³-hybridized carbons (Fsp3) is 0.241. The molecule has 0 spiro atoms. The lowest BCUT2D eigenvalue weighted by atomic mass is 10.00. The Bertz CT molecular complexity index is 1330. The first kappa shape index (κ1) is 24.7. The molecule has 0 aliphatic carbocycles. The van der Waals surface area contributed by atoms with Gasteiger partial charge in [-0.15, -0.1) is 0 Å². The monoisotopic (exact) mass is 499 g/mol. The van der Waals surface area contributed by atoms with Crippen LogP contribution >= 0.6 is 0 Å². The van der Waals surface area contributed by atoms with Gasteiger partial charge < -0.3 is 20.4 Å². The lowest BCUT2D eigenvalue weighted by Gasteiger charge is -2.32. The molecule has 5 rings (SSSR count). The molecule has 8 heteroatoms. The van der Waals surface area contributed by atoms with Crippen molar-refractivity contribution in [1.29, 1.82) is 0 Å². The molecule has 2 amide bonds. The number of anilines is 3. The van der Waals surface area contributed by atoms with Crippen LogP contribution in [-0.4, -0.2) is 68.4 Å². The summed E-state index contributed by atoms with van der Waals surface area (Å²) in [5.74, 6) is -0.655. The Kier molecular flexibility index (Phi) is 7.03. The van der Waals surface area contributed by atoms with E-state index in [9.17, 15) is 14.0 Å². The van der Waals surface area contributed by atoms with Gasteiger partial charge in [-0.1, -0.05) is 30.3 Å². The van der Waals surface area contributed by atoms with E-state index in [-0.39, 0.29) is 11.8 Å². The molecule has 1 fully saturated rings. The van der Waals surface area contributed by atoms with Crippen molar-refractivity contribution in [2.45, 2.75) is 0 Å². The number of likely N-dealkylation sites (N-methyl/N-ethyl adjacent to an activating group) is 2. The van der Waals surface area contributed by atoms with Crippen molar-refractivity contribution in [2.75, 3.05) is 62.4 Å². The van der Waals surface area contributed by atoms with Crippen LogP contribution < -0.4 is 15.5 Å². The zero-order chi connectivity index (χ0) is 25.9. The van der Waals surface area contributed by atoms with Crippen molar-refractivity contribution in [3.63, 3.8) is 0 Å². The van der Waals surface area contributed by atoms with Gasteiger partial charge in [0.1, 0.15) is 5.82 Å². The maximum Gasteiger partial charge on any atom is 0.258 e. The predicted octanol–water partition coefficient (Wildman–Crippen LogP) is 3.97. The van der Waals surface area contributed by atoms with Crippen molar-refractivity contribution in [3.8, 4) is 0 Å². The lowest BCUT2D eigenvalue weighted by Crippen LogP contribution is -2.48. The number of nitrogens with one attached hydrogen (secondary N) is 2. The molecule has 37 heavy (non-hydrogen) atoms. The topological polar surface area (TPSA) is 67.9 Å². The van der Waals surface area contributed by atoms with Crippen LogP contribution in [0.4, 0.5) is 21.5 Å². The molecule has 2 N–H and O–H groups in total. The van der Waals surface area contributed by atoms with Gasteiger partial charge in [0.25, 0.3) is 5.91 Å². The summed E-state index contributed by atoms with van der Waals surface area (Å²) in [6.07, 6.45) is 0. The largest absolute Gasteiger partial charge is 0.354 e. The third kappa shape index (κ3) is 5.40. The number of piperazine rings is 1. The zero-order valence-electron chi connectivity index (χ0n) is 21.0. The van der Waals surface area contributed by atoms with Gasteiger partial charge in [0.05, 0.1) is 23.5 Å². The number of carbonyl (C=O) groups is 2. The molecule has 2 aliphatic heterocycles. The number of fused-ring (bicyclic) bond motifs is 1. The Morgan fingerprint density at radius 2 is 1.70 bits per heavy atom. The molecule has 0 saturated carbocycles. The molecule has 0 radical (unpaired) electrons. The van der Waals surface area contributed by atoms with Crippen LogP contribution in [0, 0.1) is 5.82 Å². The summed E-state index contributed by atoms with van der Waals surface area (Å²) < 4.78 is 13.8. The minimum absolute atomic E-state index is 0.0452. The van der Waals surface area contributed by atoms with E-state index in [4.69, 9.17) is 0 Å². The van der Waals surface area contributed by atoms with E-state index in [1.165, 1.54) is 12.1 Å². The second-order valence-electron chi connectivity index (χ2n) is 9.46.